The third-order valence-electron chi connectivity index (χ3n) is 6.38. The number of rotatable bonds is 8. The maximum Gasteiger partial charge on any atom is 0.187 e. The highest BCUT2D eigenvalue weighted by molar-refractivity contribution is 7.92. The molecule has 0 bridgehead atoms. The van der Waals surface area contributed by atoms with E-state index in [2.05, 4.69) is 15.5 Å². The number of hydrogen-bond donors (Lipinski definition) is 2. The van der Waals surface area contributed by atoms with Crippen LogP contribution in [-0.4, -0.2) is 60.2 Å². The summed E-state index contributed by atoms with van der Waals surface area (Å²) in [5.41, 5.74) is 4.09. The minimum atomic E-state index is -3.39. The first kappa shape index (κ1) is 25.1. The van der Waals surface area contributed by atoms with Gasteiger partial charge in [-0.3, -0.25) is 4.98 Å². The summed E-state index contributed by atoms with van der Waals surface area (Å²) in [4.78, 5) is 9.55. The third kappa shape index (κ3) is 5.41. The number of hydrogen-bond acceptors (Lipinski definition) is 9. The zero-order valence-electron chi connectivity index (χ0n) is 20.4. The Morgan fingerprint density at radius 2 is 1.81 bits per heavy atom. The molecule has 2 N–H and O–H groups in total. The van der Waals surface area contributed by atoms with E-state index in [9.17, 15) is 8.42 Å². The minimum Gasteiger partial charge on any atom is -0.491 e. The van der Waals surface area contributed by atoms with Crippen LogP contribution in [0.2, 0.25) is 0 Å². The molecular weight excluding hydrogens is 492 g/mol. The predicted molar refractivity (Wildman–Crippen MR) is 139 cm³/mol. The van der Waals surface area contributed by atoms with Crippen molar-refractivity contribution in [2.24, 2.45) is 0 Å². The fourth-order valence-electron chi connectivity index (χ4n) is 4.32. The second-order valence-electron chi connectivity index (χ2n) is 8.90. The fraction of sp³-hybridized carbons (Fsp3) is 0.296. The Morgan fingerprint density at radius 1 is 1.08 bits per heavy atom. The average Bonchev–Trinajstić information content (AvgIpc) is 3.43. The summed E-state index contributed by atoms with van der Waals surface area (Å²) in [5.74, 6) is 1.14. The summed E-state index contributed by atoms with van der Waals surface area (Å²) in [6.07, 6.45) is 3.19. The van der Waals surface area contributed by atoms with Crippen LogP contribution in [0.15, 0.2) is 70.2 Å². The summed E-state index contributed by atoms with van der Waals surface area (Å²) >= 11 is 0. The number of aromatic nitrogens is 3. The van der Waals surface area contributed by atoms with Crippen molar-refractivity contribution in [3.8, 4) is 39.7 Å². The lowest BCUT2D eigenvalue weighted by molar-refractivity contribution is 0.201. The van der Waals surface area contributed by atoms with Crippen LogP contribution in [-0.2, 0) is 9.84 Å². The van der Waals surface area contributed by atoms with Crippen molar-refractivity contribution in [1.29, 1.82) is 0 Å². The Labute approximate surface area is 215 Å². The summed E-state index contributed by atoms with van der Waals surface area (Å²) < 4.78 is 37.0. The van der Waals surface area contributed by atoms with E-state index in [-0.39, 0.29) is 13.2 Å². The van der Waals surface area contributed by atoms with Gasteiger partial charge in [-0.15, -0.1) is 0 Å². The Hall–Kier alpha value is -3.60. The molecule has 0 spiro atoms. The quantitative estimate of drug-likeness (QED) is 0.358. The van der Waals surface area contributed by atoms with Gasteiger partial charge in [0.2, 0.25) is 0 Å². The Kier molecular flexibility index (Phi) is 7.31. The highest BCUT2D eigenvalue weighted by atomic mass is 32.2. The molecule has 1 fully saturated rings. The highest BCUT2D eigenvalue weighted by Crippen LogP contribution is 2.30. The molecule has 2 aromatic carbocycles. The first-order valence-corrected chi connectivity index (χ1v) is 13.7. The number of benzene rings is 2. The first-order chi connectivity index (χ1) is 18.0. The molecule has 10 heteroatoms. The van der Waals surface area contributed by atoms with E-state index in [4.69, 9.17) is 19.4 Å². The third-order valence-corrected chi connectivity index (χ3v) is 8.59. The maximum absolute atomic E-state index is 13.0. The lowest BCUT2D eigenvalue weighted by Crippen LogP contribution is -2.38. The van der Waals surface area contributed by atoms with Crippen LogP contribution in [0.1, 0.15) is 18.5 Å². The smallest absolute Gasteiger partial charge is 0.187 e. The zero-order valence-corrected chi connectivity index (χ0v) is 21.2. The molecule has 1 aliphatic heterocycles. The average molecular weight is 521 g/mol. The number of ether oxygens (including phenoxy) is 1. The van der Waals surface area contributed by atoms with E-state index in [1.54, 1.807) is 48.7 Å². The van der Waals surface area contributed by atoms with Gasteiger partial charge in [0.15, 0.2) is 15.6 Å². The highest BCUT2D eigenvalue weighted by Gasteiger charge is 2.28. The van der Waals surface area contributed by atoms with Crippen LogP contribution >= 0.6 is 0 Å². The van der Waals surface area contributed by atoms with Gasteiger partial charge in [-0.25, -0.2) is 13.4 Å². The van der Waals surface area contributed by atoms with E-state index < -0.39 is 15.1 Å². The second kappa shape index (κ2) is 10.8. The van der Waals surface area contributed by atoms with Gasteiger partial charge < -0.3 is 19.7 Å². The molecule has 0 radical (unpaired) electrons. The Bertz CT molecular complexity index is 1460. The van der Waals surface area contributed by atoms with Crippen LogP contribution in [0, 0.1) is 6.92 Å². The number of aliphatic hydroxyl groups excluding tert-OH is 1. The van der Waals surface area contributed by atoms with Gasteiger partial charge in [0, 0.05) is 23.7 Å². The molecule has 0 aliphatic carbocycles. The van der Waals surface area contributed by atoms with Gasteiger partial charge in [-0.05, 0) is 62.7 Å². The molecule has 9 nitrogen and oxygen atoms in total. The normalized spacial score (nSPS) is 16.0. The van der Waals surface area contributed by atoms with Crippen molar-refractivity contribution in [3.05, 3.63) is 66.5 Å². The fourth-order valence-corrected chi connectivity index (χ4v) is 6.04. The Morgan fingerprint density at radius 3 is 2.51 bits per heavy atom. The minimum absolute atomic E-state index is 0.0464. The van der Waals surface area contributed by atoms with Crippen molar-refractivity contribution < 1.29 is 22.8 Å². The SMILES string of the molecule is Cc1ncc(-c2ccc(S(=O)(=O)C3CCCNC3)cc2)nc1-c1cc(-c2ccc(OCCO)cc2)no1. The van der Waals surface area contributed by atoms with Gasteiger partial charge in [0.25, 0.3) is 0 Å². The van der Waals surface area contributed by atoms with E-state index >= 15 is 0 Å². The molecule has 1 aliphatic rings. The summed E-state index contributed by atoms with van der Waals surface area (Å²) in [6.45, 7) is 3.37. The molecule has 3 heterocycles. The topological polar surface area (TPSA) is 127 Å². The summed E-state index contributed by atoms with van der Waals surface area (Å²) in [5, 5.41) is 15.9. The van der Waals surface area contributed by atoms with Crippen molar-refractivity contribution in [1.82, 2.24) is 20.4 Å². The number of nitrogens with zero attached hydrogens (tertiary/aromatic N) is 3. The maximum atomic E-state index is 13.0. The van der Waals surface area contributed by atoms with Crippen LogP contribution < -0.4 is 10.1 Å². The van der Waals surface area contributed by atoms with Gasteiger partial charge in [-0.2, -0.15) is 0 Å². The molecule has 37 heavy (non-hydrogen) atoms. The van der Waals surface area contributed by atoms with Crippen LogP contribution in [0.25, 0.3) is 34.0 Å². The molecule has 0 saturated carbocycles. The van der Waals surface area contributed by atoms with Gasteiger partial charge in [0.05, 0.1) is 34.3 Å². The van der Waals surface area contributed by atoms with Gasteiger partial charge in [0.1, 0.15) is 23.7 Å². The first-order valence-electron chi connectivity index (χ1n) is 12.2. The van der Waals surface area contributed by atoms with Crippen LogP contribution in [0.4, 0.5) is 0 Å². The van der Waals surface area contributed by atoms with Crippen LogP contribution in [0.5, 0.6) is 5.75 Å². The second-order valence-corrected chi connectivity index (χ2v) is 11.1. The number of aryl methyl sites for hydroxylation is 1. The van der Waals surface area contributed by atoms with E-state index in [0.717, 1.165) is 24.1 Å². The number of piperidine rings is 1. The van der Waals surface area contributed by atoms with Gasteiger partial charge in [-0.1, -0.05) is 17.3 Å². The number of nitrogens with one attached hydrogen (secondary N) is 1. The molecule has 1 saturated heterocycles. The van der Waals surface area contributed by atoms with Crippen LogP contribution in [0.3, 0.4) is 0 Å². The van der Waals surface area contributed by atoms with Crippen molar-refractivity contribution in [3.63, 3.8) is 0 Å². The summed E-state index contributed by atoms with van der Waals surface area (Å²) in [7, 11) is -3.39. The van der Waals surface area contributed by atoms with E-state index in [1.807, 2.05) is 19.1 Å². The molecule has 5 rings (SSSR count). The molecule has 1 atom stereocenters. The monoisotopic (exact) mass is 520 g/mol. The molecule has 4 aromatic rings. The van der Waals surface area contributed by atoms with E-state index in [1.165, 1.54) is 0 Å². The lowest BCUT2D eigenvalue weighted by Gasteiger charge is -2.22. The van der Waals surface area contributed by atoms with Crippen molar-refractivity contribution in [2.45, 2.75) is 29.9 Å². The van der Waals surface area contributed by atoms with Crippen molar-refractivity contribution in [2.75, 3.05) is 26.3 Å². The molecule has 1 unspecified atom stereocenters. The number of sulfone groups is 1. The molecule has 192 valence electrons. The van der Waals surface area contributed by atoms with Crippen molar-refractivity contribution >= 4 is 9.84 Å². The zero-order chi connectivity index (χ0) is 25.8. The summed E-state index contributed by atoms with van der Waals surface area (Å²) in [6, 6.07) is 15.9. The van der Waals surface area contributed by atoms with E-state index in [0.29, 0.717) is 52.1 Å². The molecular formula is C27H28N4O5S. The standard InChI is InChI=1S/C27H28N4O5S/c1-18-27(26-15-24(31-36-26)19-4-8-21(9-5-19)35-14-13-32)30-25(17-29-18)20-6-10-22(11-7-20)37(33,34)23-3-2-12-28-16-23/h4-11,15,17,23,28,32H,2-3,12-14,16H2,1H3. The van der Waals surface area contributed by atoms with Gasteiger partial charge >= 0.3 is 0 Å². The number of aliphatic hydroxyl groups is 1. The largest absolute Gasteiger partial charge is 0.491 e. The lowest BCUT2D eigenvalue weighted by atomic mass is 10.1. The predicted octanol–water partition coefficient (Wildman–Crippen LogP) is 3.67. The molecule has 0 amide bonds. The Balaban J connectivity index is 1.37. The molecule has 2 aromatic heterocycles.